The summed E-state index contributed by atoms with van der Waals surface area (Å²) in [4.78, 5) is 11.1. The zero-order valence-corrected chi connectivity index (χ0v) is 9.53. The lowest BCUT2D eigenvalue weighted by Gasteiger charge is -2.10. The van der Waals surface area contributed by atoms with E-state index in [1.54, 1.807) is 6.92 Å². The van der Waals surface area contributed by atoms with Crippen molar-refractivity contribution in [2.45, 2.75) is 13.3 Å². The van der Waals surface area contributed by atoms with Gasteiger partial charge in [0.25, 0.3) is 0 Å². The number of benzene rings is 1. The Morgan fingerprint density at radius 1 is 1.44 bits per heavy atom. The van der Waals surface area contributed by atoms with Gasteiger partial charge in [-0.25, -0.2) is 0 Å². The van der Waals surface area contributed by atoms with E-state index >= 15 is 0 Å². The van der Waals surface area contributed by atoms with Crippen molar-refractivity contribution in [1.29, 1.82) is 0 Å². The van der Waals surface area contributed by atoms with Crippen molar-refractivity contribution in [2.24, 2.45) is 5.92 Å². The maximum atomic E-state index is 11.1. The van der Waals surface area contributed by atoms with Crippen LogP contribution < -0.4 is 10.1 Å². The molecular weight excluding hydrogens is 202 g/mol. The molecule has 1 fully saturated rings. The molecule has 1 N–H and O–H groups in total. The summed E-state index contributed by atoms with van der Waals surface area (Å²) in [7, 11) is 0. The fourth-order valence-electron chi connectivity index (χ4n) is 1.86. The number of carbonyl (C=O) groups excluding carboxylic acids is 1. The van der Waals surface area contributed by atoms with Gasteiger partial charge in [-0.15, -0.1) is 0 Å². The molecule has 0 aromatic heterocycles. The zero-order valence-electron chi connectivity index (χ0n) is 9.53. The van der Waals surface area contributed by atoms with Crippen LogP contribution in [0.2, 0.25) is 0 Å². The van der Waals surface area contributed by atoms with Gasteiger partial charge < -0.3 is 10.1 Å². The lowest BCUT2D eigenvalue weighted by atomic mass is 10.1. The van der Waals surface area contributed by atoms with Crippen LogP contribution in [-0.4, -0.2) is 25.5 Å². The molecular formula is C13H17NO2. The van der Waals surface area contributed by atoms with Crippen molar-refractivity contribution < 1.29 is 9.53 Å². The molecule has 1 aliphatic rings. The van der Waals surface area contributed by atoms with Gasteiger partial charge in [0.05, 0.1) is 6.61 Å². The Morgan fingerprint density at radius 2 is 2.19 bits per heavy atom. The number of nitrogens with one attached hydrogen (secondary N) is 1. The average Bonchev–Trinajstić information content (AvgIpc) is 2.80. The van der Waals surface area contributed by atoms with Gasteiger partial charge in [0.1, 0.15) is 5.75 Å². The van der Waals surface area contributed by atoms with Gasteiger partial charge in [0, 0.05) is 18.0 Å². The Kier molecular flexibility index (Phi) is 3.57. The first-order chi connectivity index (χ1) is 7.75. The smallest absolute Gasteiger partial charge is 0.159 e. The minimum absolute atomic E-state index is 0.0894. The molecule has 1 saturated heterocycles. The molecule has 0 saturated carbocycles. The van der Waals surface area contributed by atoms with Gasteiger partial charge in [-0.3, -0.25) is 4.79 Å². The Bertz CT molecular complexity index is 353. The first-order valence-electron chi connectivity index (χ1n) is 5.70. The number of hydrogen-bond donors (Lipinski definition) is 1. The van der Waals surface area contributed by atoms with E-state index in [9.17, 15) is 4.79 Å². The number of Topliss-reactive ketones (excluding diaryl/α,β-unsaturated/α-hetero) is 1. The summed E-state index contributed by atoms with van der Waals surface area (Å²) < 4.78 is 5.67. The van der Waals surface area contributed by atoms with E-state index in [1.165, 1.54) is 6.42 Å². The van der Waals surface area contributed by atoms with E-state index in [2.05, 4.69) is 5.32 Å². The maximum Gasteiger partial charge on any atom is 0.159 e. The van der Waals surface area contributed by atoms with Crippen molar-refractivity contribution in [3.05, 3.63) is 29.8 Å². The van der Waals surface area contributed by atoms with Crippen molar-refractivity contribution >= 4 is 5.78 Å². The second-order valence-electron chi connectivity index (χ2n) is 4.25. The van der Waals surface area contributed by atoms with Crippen LogP contribution in [0.15, 0.2) is 24.3 Å². The molecule has 86 valence electrons. The number of hydrogen-bond acceptors (Lipinski definition) is 3. The third kappa shape index (κ3) is 2.83. The molecule has 1 atom stereocenters. The van der Waals surface area contributed by atoms with Gasteiger partial charge in [-0.05, 0) is 44.2 Å². The fourth-order valence-corrected chi connectivity index (χ4v) is 1.86. The number of rotatable bonds is 4. The standard InChI is InChI=1S/C13H17NO2/c1-10(15)12-2-4-13(5-3-12)16-9-11-6-7-14-8-11/h2-5,11,14H,6-9H2,1H3. The molecule has 0 aliphatic carbocycles. The van der Waals surface area contributed by atoms with Crippen molar-refractivity contribution in [1.82, 2.24) is 5.32 Å². The monoisotopic (exact) mass is 219 g/mol. The van der Waals surface area contributed by atoms with Crippen LogP contribution in [0.3, 0.4) is 0 Å². The minimum atomic E-state index is 0.0894. The summed E-state index contributed by atoms with van der Waals surface area (Å²) in [6, 6.07) is 7.34. The lowest BCUT2D eigenvalue weighted by molar-refractivity contribution is 0.101. The van der Waals surface area contributed by atoms with Gasteiger partial charge in [-0.2, -0.15) is 0 Å². The highest BCUT2D eigenvalue weighted by atomic mass is 16.5. The third-order valence-electron chi connectivity index (χ3n) is 2.91. The molecule has 2 rings (SSSR count). The summed E-state index contributed by atoms with van der Waals surface area (Å²) in [5.41, 5.74) is 0.731. The van der Waals surface area contributed by atoms with Gasteiger partial charge in [0.15, 0.2) is 5.78 Å². The molecule has 16 heavy (non-hydrogen) atoms. The largest absolute Gasteiger partial charge is 0.493 e. The van der Waals surface area contributed by atoms with Crippen LogP contribution in [-0.2, 0) is 0 Å². The quantitative estimate of drug-likeness (QED) is 0.786. The summed E-state index contributed by atoms with van der Waals surface area (Å²) >= 11 is 0. The van der Waals surface area contributed by atoms with Crippen LogP contribution in [0, 0.1) is 5.92 Å². The maximum absolute atomic E-state index is 11.1. The fraction of sp³-hybridized carbons (Fsp3) is 0.462. The predicted octanol–water partition coefficient (Wildman–Crippen LogP) is 1.88. The van der Waals surface area contributed by atoms with E-state index in [1.807, 2.05) is 24.3 Å². The molecule has 1 aromatic rings. The third-order valence-corrected chi connectivity index (χ3v) is 2.91. The van der Waals surface area contributed by atoms with E-state index in [0.29, 0.717) is 5.92 Å². The SMILES string of the molecule is CC(=O)c1ccc(OCC2CCNC2)cc1. The molecule has 1 aliphatic heterocycles. The van der Waals surface area contributed by atoms with E-state index in [4.69, 9.17) is 4.74 Å². The Labute approximate surface area is 95.8 Å². The Morgan fingerprint density at radius 3 is 2.75 bits per heavy atom. The van der Waals surface area contributed by atoms with Gasteiger partial charge in [0.2, 0.25) is 0 Å². The summed E-state index contributed by atoms with van der Waals surface area (Å²) in [5, 5.41) is 3.31. The molecule has 3 nitrogen and oxygen atoms in total. The highest BCUT2D eigenvalue weighted by molar-refractivity contribution is 5.94. The van der Waals surface area contributed by atoms with Crippen molar-refractivity contribution in [3.8, 4) is 5.75 Å². The van der Waals surface area contributed by atoms with Crippen LogP contribution >= 0.6 is 0 Å². The van der Waals surface area contributed by atoms with Gasteiger partial charge in [-0.1, -0.05) is 0 Å². The van der Waals surface area contributed by atoms with Crippen LogP contribution in [0.5, 0.6) is 5.75 Å². The van der Waals surface area contributed by atoms with Crippen LogP contribution in [0.25, 0.3) is 0 Å². The van der Waals surface area contributed by atoms with E-state index in [0.717, 1.165) is 31.0 Å². The normalized spacial score (nSPS) is 19.7. The topological polar surface area (TPSA) is 38.3 Å². The Balaban J connectivity index is 1.87. The first kappa shape index (κ1) is 11.1. The zero-order chi connectivity index (χ0) is 11.4. The highest BCUT2D eigenvalue weighted by Gasteiger charge is 2.14. The highest BCUT2D eigenvalue weighted by Crippen LogP contribution is 2.15. The summed E-state index contributed by atoms with van der Waals surface area (Å²) in [6.45, 7) is 4.47. The second kappa shape index (κ2) is 5.12. The first-order valence-corrected chi connectivity index (χ1v) is 5.70. The number of ether oxygens (including phenoxy) is 1. The Hall–Kier alpha value is -1.35. The number of carbonyl (C=O) groups is 1. The van der Waals surface area contributed by atoms with Crippen LogP contribution in [0.1, 0.15) is 23.7 Å². The molecule has 1 unspecified atom stereocenters. The summed E-state index contributed by atoms with van der Waals surface area (Å²) in [6.07, 6.45) is 1.19. The van der Waals surface area contributed by atoms with Gasteiger partial charge >= 0.3 is 0 Å². The van der Waals surface area contributed by atoms with E-state index in [-0.39, 0.29) is 5.78 Å². The molecule has 3 heteroatoms. The second-order valence-corrected chi connectivity index (χ2v) is 4.25. The minimum Gasteiger partial charge on any atom is -0.493 e. The average molecular weight is 219 g/mol. The van der Waals surface area contributed by atoms with Crippen LogP contribution in [0.4, 0.5) is 0 Å². The summed E-state index contributed by atoms with van der Waals surface area (Å²) in [5.74, 6) is 1.55. The molecule has 0 bridgehead atoms. The van der Waals surface area contributed by atoms with E-state index < -0.39 is 0 Å². The molecule has 0 spiro atoms. The predicted molar refractivity (Wildman–Crippen MR) is 62.9 cm³/mol. The molecule has 0 amide bonds. The number of ketones is 1. The van der Waals surface area contributed by atoms with Crippen molar-refractivity contribution in [2.75, 3.05) is 19.7 Å². The molecule has 0 radical (unpaired) electrons. The molecule has 1 aromatic carbocycles. The van der Waals surface area contributed by atoms with Crippen molar-refractivity contribution in [3.63, 3.8) is 0 Å². The lowest BCUT2D eigenvalue weighted by Crippen LogP contribution is -2.15. The molecule has 1 heterocycles.